The molecule has 0 saturated heterocycles. The third-order valence-corrected chi connectivity index (χ3v) is 2.46. The molecule has 18 heavy (non-hydrogen) atoms. The Hall–Kier alpha value is -2.36. The van der Waals surface area contributed by atoms with E-state index in [4.69, 9.17) is 4.74 Å². The minimum Gasteiger partial charge on any atom is -0.497 e. The number of nitrogens with zero attached hydrogens (tertiary/aromatic N) is 1. The number of aryl methyl sites for hydroxylation is 1. The molecule has 1 heterocycles. The molecule has 92 valence electrons. The van der Waals surface area contributed by atoms with Crippen molar-refractivity contribution in [1.29, 1.82) is 0 Å². The van der Waals surface area contributed by atoms with Gasteiger partial charge in [0.2, 0.25) is 0 Å². The number of nitrogens with one attached hydrogen (secondary N) is 1. The predicted molar refractivity (Wildman–Crippen MR) is 69.9 cm³/mol. The molecule has 0 bridgehead atoms. The number of anilines is 1. The van der Waals surface area contributed by atoms with Crippen molar-refractivity contribution < 1.29 is 9.53 Å². The normalized spacial score (nSPS) is 9.89. The Morgan fingerprint density at radius 2 is 2.11 bits per heavy atom. The van der Waals surface area contributed by atoms with Gasteiger partial charge in [0.15, 0.2) is 0 Å². The smallest absolute Gasteiger partial charge is 0.255 e. The van der Waals surface area contributed by atoms with Crippen molar-refractivity contribution in [1.82, 2.24) is 4.98 Å². The van der Waals surface area contributed by atoms with Crippen LogP contribution in [0.3, 0.4) is 0 Å². The van der Waals surface area contributed by atoms with Gasteiger partial charge in [0.05, 0.1) is 19.0 Å². The monoisotopic (exact) mass is 242 g/mol. The summed E-state index contributed by atoms with van der Waals surface area (Å²) in [7, 11) is 1.57. The van der Waals surface area contributed by atoms with Gasteiger partial charge in [-0.3, -0.25) is 9.78 Å². The zero-order valence-electron chi connectivity index (χ0n) is 10.3. The van der Waals surface area contributed by atoms with Crippen LogP contribution in [0.1, 0.15) is 15.9 Å². The van der Waals surface area contributed by atoms with Crippen molar-refractivity contribution in [3.05, 3.63) is 53.9 Å². The summed E-state index contributed by atoms with van der Waals surface area (Å²) in [6.07, 6.45) is 3.35. The van der Waals surface area contributed by atoms with Crippen LogP contribution in [0.2, 0.25) is 0 Å². The third kappa shape index (κ3) is 2.85. The van der Waals surface area contributed by atoms with Crippen LogP contribution in [0, 0.1) is 6.92 Å². The molecule has 0 fully saturated rings. The maximum absolute atomic E-state index is 12.0. The molecule has 0 atom stereocenters. The number of carbonyl (C=O) groups excluding carboxylic acids is 1. The minimum absolute atomic E-state index is 0.179. The Kier molecular flexibility index (Phi) is 3.57. The van der Waals surface area contributed by atoms with E-state index in [1.165, 1.54) is 0 Å². The first-order valence-corrected chi connectivity index (χ1v) is 5.56. The number of hydrogen-bond acceptors (Lipinski definition) is 3. The molecule has 2 aromatic rings. The molecule has 2 rings (SSSR count). The van der Waals surface area contributed by atoms with Crippen LogP contribution in [0.25, 0.3) is 0 Å². The lowest BCUT2D eigenvalue weighted by molar-refractivity contribution is 0.102. The Balaban J connectivity index is 2.16. The molecule has 0 aliphatic carbocycles. The Labute approximate surface area is 106 Å². The Morgan fingerprint density at radius 3 is 2.83 bits per heavy atom. The van der Waals surface area contributed by atoms with Gasteiger partial charge in [-0.05, 0) is 36.8 Å². The second-order valence-corrected chi connectivity index (χ2v) is 3.94. The number of rotatable bonds is 3. The minimum atomic E-state index is -0.179. The first-order valence-electron chi connectivity index (χ1n) is 5.56. The number of methoxy groups -OCH3 is 1. The average molecular weight is 242 g/mol. The fraction of sp³-hybridized carbons (Fsp3) is 0.143. The van der Waals surface area contributed by atoms with Crippen LogP contribution >= 0.6 is 0 Å². The van der Waals surface area contributed by atoms with Crippen LogP contribution in [-0.2, 0) is 0 Å². The summed E-state index contributed by atoms with van der Waals surface area (Å²) in [5.41, 5.74) is 2.23. The molecule has 4 heteroatoms. The number of hydrogen-bond donors (Lipinski definition) is 1. The Morgan fingerprint density at radius 1 is 1.28 bits per heavy atom. The highest BCUT2D eigenvalue weighted by Gasteiger charge is 2.07. The molecular formula is C14H14N2O2. The fourth-order valence-corrected chi connectivity index (χ4v) is 1.59. The molecule has 0 aliphatic rings. The molecule has 1 amide bonds. The standard InChI is InChI=1S/C14H14N2O2/c1-10-6-12(9-15-8-10)16-14(17)11-4-3-5-13(7-11)18-2/h3-9H,1-2H3,(H,16,17). The van der Waals surface area contributed by atoms with Crippen LogP contribution < -0.4 is 10.1 Å². The van der Waals surface area contributed by atoms with Gasteiger partial charge < -0.3 is 10.1 Å². The van der Waals surface area contributed by atoms with Crippen molar-refractivity contribution >= 4 is 11.6 Å². The first-order chi connectivity index (χ1) is 8.69. The van der Waals surface area contributed by atoms with E-state index < -0.39 is 0 Å². The SMILES string of the molecule is COc1cccc(C(=O)Nc2cncc(C)c2)c1. The van der Waals surface area contributed by atoms with Crippen molar-refractivity contribution in [3.63, 3.8) is 0 Å². The van der Waals surface area contributed by atoms with Crippen LogP contribution in [0.4, 0.5) is 5.69 Å². The fourth-order valence-electron chi connectivity index (χ4n) is 1.59. The van der Waals surface area contributed by atoms with Gasteiger partial charge in [-0.25, -0.2) is 0 Å². The summed E-state index contributed by atoms with van der Waals surface area (Å²) >= 11 is 0. The highest BCUT2D eigenvalue weighted by Crippen LogP contribution is 2.14. The average Bonchev–Trinajstić information content (AvgIpc) is 2.39. The molecule has 0 saturated carbocycles. The number of aromatic nitrogens is 1. The van der Waals surface area contributed by atoms with E-state index in [9.17, 15) is 4.79 Å². The lowest BCUT2D eigenvalue weighted by Gasteiger charge is -2.06. The third-order valence-electron chi connectivity index (χ3n) is 2.46. The van der Waals surface area contributed by atoms with Crippen molar-refractivity contribution in [2.45, 2.75) is 6.92 Å². The molecular weight excluding hydrogens is 228 g/mol. The van der Waals surface area contributed by atoms with E-state index >= 15 is 0 Å². The number of ether oxygens (including phenoxy) is 1. The quantitative estimate of drug-likeness (QED) is 0.900. The number of pyridine rings is 1. The molecule has 1 aromatic carbocycles. The number of amides is 1. The van der Waals surface area contributed by atoms with Crippen LogP contribution in [-0.4, -0.2) is 18.0 Å². The van der Waals surface area contributed by atoms with Gasteiger partial charge in [0, 0.05) is 11.8 Å². The van der Waals surface area contributed by atoms with Crippen molar-refractivity contribution in [3.8, 4) is 5.75 Å². The molecule has 0 spiro atoms. The summed E-state index contributed by atoms with van der Waals surface area (Å²) < 4.78 is 5.08. The van der Waals surface area contributed by atoms with Gasteiger partial charge in [0.25, 0.3) is 5.91 Å². The molecule has 1 N–H and O–H groups in total. The van der Waals surface area contributed by atoms with E-state index in [1.807, 2.05) is 13.0 Å². The highest BCUT2D eigenvalue weighted by molar-refractivity contribution is 6.04. The maximum Gasteiger partial charge on any atom is 0.255 e. The molecule has 0 radical (unpaired) electrons. The van der Waals surface area contributed by atoms with Crippen LogP contribution in [0.5, 0.6) is 5.75 Å². The van der Waals surface area contributed by atoms with E-state index in [-0.39, 0.29) is 5.91 Å². The zero-order chi connectivity index (χ0) is 13.0. The zero-order valence-corrected chi connectivity index (χ0v) is 10.3. The number of carbonyl (C=O) groups is 1. The summed E-state index contributed by atoms with van der Waals surface area (Å²) in [6, 6.07) is 8.87. The van der Waals surface area contributed by atoms with E-state index in [0.29, 0.717) is 17.0 Å². The second kappa shape index (κ2) is 5.31. The van der Waals surface area contributed by atoms with E-state index in [2.05, 4.69) is 10.3 Å². The summed E-state index contributed by atoms with van der Waals surface area (Å²) in [5, 5.41) is 2.79. The summed E-state index contributed by atoms with van der Waals surface area (Å²) in [5.74, 6) is 0.478. The van der Waals surface area contributed by atoms with E-state index in [0.717, 1.165) is 5.56 Å². The first kappa shape index (κ1) is 12.1. The molecule has 0 aliphatic heterocycles. The topological polar surface area (TPSA) is 51.2 Å². The van der Waals surface area contributed by atoms with Gasteiger partial charge in [0.1, 0.15) is 5.75 Å². The Bertz CT molecular complexity index is 567. The maximum atomic E-state index is 12.0. The van der Waals surface area contributed by atoms with Gasteiger partial charge in [-0.2, -0.15) is 0 Å². The van der Waals surface area contributed by atoms with Crippen molar-refractivity contribution in [2.75, 3.05) is 12.4 Å². The lowest BCUT2D eigenvalue weighted by atomic mass is 10.2. The molecule has 0 unspecified atom stereocenters. The summed E-state index contributed by atoms with van der Waals surface area (Å²) in [6.45, 7) is 1.92. The number of benzene rings is 1. The van der Waals surface area contributed by atoms with Gasteiger partial charge in [-0.15, -0.1) is 0 Å². The predicted octanol–water partition coefficient (Wildman–Crippen LogP) is 2.65. The highest BCUT2D eigenvalue weighted by atomic mass is 16.5. The lowest BCUT2D eigenvalue weighted by Crippen LogP contribution is -2.12. The largest absolute Gasteiger partial charge is 0.497 e. The van der Waals surface area contributed by atoms with Crippen LogP contribution in [0.15, 0.2) is 42.7 Å². The van der Waals surface area contributed by atoms with Gasteiger partial charge in [-0.1, -0.05) is 6.07 Å². The van der Waals surface area contributed by atoms with Crippen molar-refractivity contribution in [2.24, 2.45) is 0 Å². The summed E-state index contributed by atoms with van der Waals surface area (Å²) in [4.78, 5) is 16.0. The molecule has 4 nitrogen and oxygen atoms in total. The van der Waals surface area contributed by atoms with Gasteiger partial charge >= 0.3 is 0 Å². The molecule has 1 aromatic heterocycles. The second-order valence-electron chi connectivity index (χ2n) is 3.94. The van der Waals surface area contributed by atoms with E-state index in [1.54, 1.807) is 43.8 Å².